The molecule has 0 aromatic carbocycles. The fourth-order valence-corrected chi connectivity index (χ4v) is 4.90. The molecule has 0 aromatic rings. The minimum Gasteiger partial charge on any atom is -0.462 e. The van der Waals surface area contributed by atoms with Crippen molar-refractivity contribution in [1.82, 2.24) is 0 Å². The van der Waals surface area contributed by atoms with Crippen LogP contribution in [-0.2, 0) is 14.3 Å². The summed E-state index contributed by atoms with van der Waals surface area (Å²) in [4.78, 5) is 23.0. The van der Waals surface area contributed by atoms with E-state index in [-0.39, 0.29) is 12.1 Å². The molecule has 3 heteroatoms. The first-order chi connectivity index (χ1) is 17.2. The third-order valence-corrected chi connectivity index (χ3v) is 7.26. The zero-order chi connectivity index (χ0) is 25.7. The van der Waals surface area contributed by atoms with Crippen molar-refractivity contribution in [3.05, 3.63) is 0 Å². The Balaban J connectivity index is 3.79. The number of esters is 1. The van der Waals surface area contributed by atoms with Crippen molar-refractivity contribution in [3.8, 4) is 0 Å². The first-order valence-corrected chi connectivity index (χ1v) is 15.9. The minimum atomic E-state index is -0.00646. The van der Waals surface area contributed by atoms with E-state index in [0.717, 1.165) is 51.2 Å². The van der Waals surface area contributed by atoms with Gasteiger partial charge in [-0.2, -0.15) is 0 Å². The van der Waals surface area contributed by atoms with E-state index in [1.165, 1.54) is 116 Å². The molecule has 0 heterocycles. The van der Waals surface area contributed by atoms with E-state index in [4.69, 9.17) is 4.74 Å². The topological polar surface area (TPSA) is 43.4 Å². The van der Waals surface area contributed by atoms with Crippen LogP contribution in [0.5, 0.6) is 0 Å². The van der Waals surface area contributed by atoms with Crippen molar-refractivity contribution >= 4 is 12.3 Å². The van der Waals surface area contributed by atoms with E-state index in [1.54, 1.807) is 0 Å². The zero-order valence-corrected chi connectivity index (χ0v) is 24.0. The van der Waals surface area contributed by atoms with E-state index in [9.17, 15) is 9.59 Å². The molecule has 0 aliphatic carbocycles. The zero-order valence-electron chi connectivity index (χ0n) is 24.0. The first-order valence-electron chi connectivity index (χ1n) is 15.9. The van der Waals surface area contributed by atoms with Crippen LogP contribution >= 0.6 is 0 Å². The van der Waals surface area contributed by atoms with Crippen molar-refractivity contribution < 1.29 is 14.3 Å². The highest BCUT2D eigenvalue weighted by Crippen LogP contribution is 2.18. The van der Waals surface area contributed by atoms with Gasteiger partial charge in [0, 0.05) is 12.8 Å². The molecule has 0 bridgehead atoms. The molecule has 208 valence electrons. The summed E-state index contributed by atoms with van der Waals surface area (Å²) in [6, 6.07) is 0. The smallest absolute Gasteiger partial charge is 0.306 e. The molecular formula is C32H62O3. The number of unbranched alkanes of at least 4 members (excludes halogenated alkanes) is 21. The predicted molar refractivity (Wildman–Crippen MR) is 152 cm³/mol. The molecule has 1 atom stereocenters. The van der Waals surface area contributed by atoms with Gasteiger partial charge in [-0.05, 0) is 38.5 Å². The van der Waals surface area contributed by atoms with Crippen molar-refractivity contribution in [2.75, 3.05) is 0 Å². The summed E-state index contributed by atoms with van der Waals surface area (Å²) in [6.07, 6.45) is 33.6. The van der Waals surface area contributed by atoms with E-state index >= 15 is 0 Å². The average Bonchev–Trinajstić information content (AvgIpc) is 2.86. The SMILES string of the molecule is CCCCCCCCCCCCCCCC(=O)OC(CCCCC=O)CCCCCCCCCC. The molecule has 0 fully saturated rings. The number of carbonyl (C=O) groups excluding carboxylic acids is 2. The quantitative estimate of drug-likeness (QED) is 0.0590. The molecule has 0 saturated carbocycles. The molecule has 0 rings (SSSR count). The summed E-state index contributed by atoms with van der Waals surface area (Å²) in [5, 5.41) is 0. The van der Waals surface area contributed by atoms with Crippen molar-refractivity contribution in [2.24, 2.45) is 0 Å². The van der Waals surface area contributed by atoms with Gasteiger partial charge in [0.1, 0.15) is 12.4 Å². The van der Waals surface area contributed by atoms with Crippen LogP contribution < -0.4 is 0 Å². The summed E-state index contributed by atoms with van der Waals surface area (Å²) in [5.74, 6) is -0.00646. The molecule has 0 aliphatic heterocycles. The van der Waals surface area contributed by atoms with Gasteiger partial charge in [0.2, 0.25) is 0 Å². The lowest BCUT2D eigenvalue weighted by Crippen LogP contribution is -2.18. The highest BCUT2D eigenvalue weighted by molar-refractivity contribution is 5.69. The lowest BCUT2D eigenvalue weighted by molar-refractivity contribution is -0.150. The molecule has 0 aliphatic rings. The van der Waals surface area contributed by atoms with Gasteiger partial charge in [-0.25, -0.2) is 0 Å². The Bertz CT molecular complexity index is 435. The van der Waals surface area contributed by atoms with Crippen LogP contribution in [0.25, 0.3) is 0 Å². The predicted octanol–water partition coefficient (Wildman–Crippen LogP) is 10.7. The van der Waals surface area contributed by atoms with Crippen LogP contribution in [0.2, 0.25) is 0 Å². The molecule has 0 aromatic heterocycles. The van der Waals surface area contributed by atoms with E-state index in [1.807, 2.05) is 0 Å². The van der Waals surface area contributed by atoms with Crippen molar-refractivity contribution in [2.45, 2.75) is 193 Å². The number of ether oxygens (including phenoxy) is 1. The fourth-order valence-electron chi connectivity index (χ4n) is 4.90. The molecule has 3 nitrogen and oxygen atoms in total. The minimum absolute atomic E-state index is 0.00646. The number of aldehydes is 1. The van der Waals surface area contributed by atoms with Gasteiger partial charge in [0.15, 0.2) is 0 Å². The summed E-state index contributed by atoms with van der Waals surface area (Å²) in [7, 11) is 0. The van der Waals surface area contributed by atoms with Crippen LogP contribution in [-0.4, -0.2) is 18.4 Å². The Morgan fingerprint density at radius 2 is 0.914 bits per heavy atom. The van der Waals surface area contributed by atoms with Gasteiger partial charge in [-0.15, -0.1) is 0 Å². The van der Waals surface area contributed by atoms with Gasteiger partial charge < -0.3 is 9.53 Å². The third-order valence-electron chi connectivity index (χ3n) is 7.26. The Labute approximate surface area is 219 Å². The molecular weight excluding hydrogens is 432 g/mol. The lowest BCUT2D eigenvalue weighted by Gasteiger charge is -2.18. The largest absolute Gasteiger partial charge is 0.462 e. The summed E-state index contributed by atoms with van der Waals surface area (Å²) in [5.41, 5.74) is 0. The van der Waals surface area contributed by atoms with Crippen LogP contribution in [0, 0.1) is 0 Å². The normalized spacial score (nSPS) is 12.1. The van der Waals surface area contributed by atoms with E-state index in [0.29, 0.717) is 12.8 Å². The second-order valence-electron chi connectivity index (χ2n) is 10.8. The van der Waals surface area contributed by atoms with Crippen molar-refractivity contribution in [3.63, 3.8) is 0 Å². The maximum absolute atomic E-state index is 12.4. The lowest BCUT2D eigenvalue weighted by atomic mass is 10.0. The Morgan fingerprint density at radius 1 is 0.543 bits per heavy atom. The summed E-state index contributed by atoms with van der Waals surface area (Å²) in [6.45, 7) is 4.54. The van der Waals surface area contributed by atoms with Crippen LogP contribution in [0.1, 0.15) is 187 Å². The second-order valence-corrected chi connectivity index (χ2v) is 10.8. The number of hydrogen-bond donors (Lipinski definition) is 0. The van der Waals surface area contributed by atoms with Crippen LogP contribution in [0.3, 0.4) is 0 Å². The molecule has 35 heavy (non-hydrogen) atoms. The van der Waals surface area contributed by atoms with Gasteiger partial charge >= 0.3 is 5.97 Å². The van der Waals surface area contributed by atoms with Gasteiger partial charge in [-0.1, -0.05) is 136 Å². The highest BCUT2D eigenvalue weighted by Gasteiger charge is 2.14. The molecule has 0 saturated heterocycles. The average molecular weight is 495 g/mol. The molecule has 0 amide bonds. The first kappa shape index (κ1) is 34.1. The fraction of sp³-hybridized carbons (Fsp3) is 0.938. The van der Waals surface area contributed by atoms with E-state index in [2.05, 4.69) is 13.8 Å². The molecule has 0 radical (unpaired) electrons. The Hall–Kier alpha value is -0.860. The molecule has 0 N–H and O–H groups in total. The number of carbonyl (C=O) groups is 2. The van der Waals surface area contributed by atoms with Gasteiger partial charge in [0.05, 0.1) is 0 Å². The maximum Gasteiger partial charge on any atom is 0.306 e. The van der Waals surface area contributed by atoms with Gasteiger partial charge in [-0.3, -0.25) is 4.79 Å². The summed E-state index contributed by atoms with van der Waals surface area (Å²) < 4.78 is 5.87. The summed E-state index contributed by atoms with van der Waals surface area (Å²) >= 11 is 0. The number of rotatable bonds is 29. The number of hydrogen-bond acceptors (Lipinski definition) is 3. The Morgan fingerprint density at radius 3 is 1.34 bits per heavy atom. The van der Waals surface area contributed by atoms with E-state index < -0.39 is 0 Å². The third kappa shape index (κ3) is 27.6. The maximum atomic E-state index is 12.4. The monoisotopic (exact) mass is 494 g/mol. The Kier molecular flexibility index (Phi) is 28.6. The molecule has 0 spiro atoms. The standard InChI is InChI=1S/C32H62O3/c1-3-5-7-9-11-13-14-15-16-17-19-21-25-29-32(34)35-31(28-24-22-26-30-33)27-23-20-18-12-10-8-6-4-2/h30-31H,3-29H2,1-2H3. The van der Waals surface area contributed by atoms with Gasteiger partial charge in [0.25, 0.3) is 0 Å². The second kappa shape index (κ2) is 29.4. The van der Waals surface area contributed by atoms with Crippen molar-refractivity contribution in [1.29, 1.82) is 0 Å². The van der Waals surface area contributed by atoms with Crippen LogP contribution in [0.4, 0.5) is 0 Å². The van der Waals surface area contributed by atoms with Crippen LogP contribution in [0.15, 0.2) is 0 Å². The molecule has 1 unspecified atom stereocenters. The highest BCUT2D eigenvalue weighted by atomic mass is 16.5.